The topological polar surface area (TPSA) is 49.7 Å². The minimum atomic E-state index is 0.0556. The summed E-state index contributed by atoms with van der Waals surface area (Å²) in [5, 5.41) is 18.7. The Hall–Kier alpha value is -1.87. The first-order valence-electron chi connectivity index (χ1n) is 5.04. The van der Waals surface area contributed by atoms with Gasteiger partial charge in [-0.25, -0.2) is 0 Å². The Kier molecular flexibility index (Phi) is 3.40. The Balaban J connectivity index is 2.02. The highest BCUT2D eigenvalue weighted by Gasteiger charge is 2.01. The molecule has 17 heavy (non-hydrogen) atoms. The van der Waals surface area contributed by atoms with Crippen molar-refractivity contribution >= 4 is 11.6 Å². The smallest absolute Gasteiger partial charge is 0.134 e. The van der Waals surface area contributed by atoms with Crippen LogP contribution in [0.15, 0.2) is 42.5 Å². The summed E-state index contributed by atoms with van der Waals surface area (Å²) in [6.45, 7) is 0.352. The molecule has 88 valence electrons. The number of phenols is 2. The van der Waals surface area contributed by atoms with Crippen molar-refractivity contribution < 1.29 is 14.9 Å². The molecule has 0 aromatic heterocycles. The molecule has 0 spiro atoms. The zero-order valence-corrected chi connectivity index (χ0v) is 9.69. The summed E-state index contributed by atoms with van der Waals surface area (Å²) in [4.78, 5) is 0. The second-order valence-corrected chi connectivity index (χ2v) is 3.98. The molecule has 0 atom stereocenters. The summed E-state index contributed by atoms with van der Waals surface area (Å²) < 4.78 is 5.49. The predicted octanol–water partition coefficient (Wildman–Crippen LogP) is 3.33. The number of aromatic hydroxyl groups is 2. The number of benzene rings is 2. The molecular formula is C13H11ClO3. The van der Waals surface area contributed by atoms with Gasteiger partial charge in [0.25, 0.3) is 0 Å². The summed E-state index contributed by atoms with van der Waals surface area (Å²) >= 11 is 5.78. The van der Waals surface area contributed by atoms with Crippen LogP contribution in [-0.4, -0.2) is 10.2 Å². The molecule has 2 N–H and O–H groups in total. The predicted molar refractivity (Wildman–Crippen MR) is 65.6 cm³/mol. The van der Waals surface area contributed by atoms with Crippen molar-refractivity contribution in [2.75, 3.05) is 0 Å². The summed E-state index contributed by atoms with van der Waals surface area (Å²) in [6, 6.07) is 11.4. The fourth-order valence-electron chi connectivity index (χ4n) is 1.35. The van der Waals surface area contributed by atoms with Crippen LogP contribution < -0.4 is 4.74 Å². The lowest BCUT2D eigenvalue weighted by Crippen LogP contribution is -1.94. The average Bonchev–Trinajstić information content (AvgIpc) is 2.33. The van der Waals surface area contributed by atoms with Crippen LogP contribution in [0.4, 0.5) is 0 Å². The Morgan fingerprint density at radius 2 is 1.71 bits per heavy atom. The molecule has 0 radical (unpaired) electrons. The lowest BCUT2D eigenvalue weighted by atomic mass is 10.2. The van der Waals surface area contributed by atoms with Crippen molar-refractivity contribution in [2.24, 2.45) is 0 Å². The van der Waals surface area contributed by atoms with E-state index < -0.39 is 0 Å². The van der Waals surface area contributed by atoms with E-state index in [9.17, 15) is 5.11 Å². The molecule has 2 aromatic rings. The van der Waals surface area contributed by atoms with Gasteiger partial charge in [-0.05, 0) is 42.0 Å². The highest BCUT2D eigenvalue weighted by molar-refractivity contribution is 6.32. The van der Waals surface area contributed by atoms with Crippen molar-refractivity contribution in [2.45, 2.75) is 6.61 Å². The second kappa shape index (κ2) is 4.97. The maximum Gasteiger partial charge on any atom is 0.134 e. The van der Waals surface area contributed by atoms with Crippen molar-refractivity contribution in [3.63, 3.8) is 0 Å². The van der Waals surface area contributed by atoms with E-state index in [0.717, 1.165) is 5.56 Å². The van der Waals surface area contributed by atoms with Crippen LogP contribution in [0.5, 0.6) is 17.2 Å². The molecular weight excluding hydrogens is 240 g/mol. The zero-order valence-electron chi connectivity index (χ0n) is 8.93. The average molecular weight is 251 g/mol. The molecule has 2 rings (SSSR count). The number of rotatable bonds is 3. The Morgan fingerprint density at radius 3 is 2.35 bits per heavy atom. The van der Waals surface area contributed by atoms with Gasteiger partial charge in [-0.1, -0.05) is 17.7 Å². The number of hydrogen-bond donors (Lipinski definition) is 2. The van der Waals surface area contributed by atoms with Crippen molar-refractivity contribution in [1.82, 2.24) is 0 Å². The van der Waals surface area contributed by atoms with E-state index in [-0.39, 0.29) is 11.5 Å². The molecule has 0 aliphatic carbocycles. The maximum absolute atomic E-state index is 9.26. The van der Waals surface area contributed by atoms with Gasteiger partial charge in [-0.15, -0.1) is 0 Å². The van der Waals surface area contributed by atoms with Gasteiger partial charge in [-0.2, -0.15) is 0 Å². The fourth-order valence-corrected chi connectivity index (χ4v) is 1.55. The van der Waals surface area contributed by atoms with Crippen LogP contribution in [-0.2, 0) is 6.61 Å². The lowest BCUT2D eigenvalue weighted by Gasteiger charge is -2.07. The third-order valence-corrected chi connectivity index (χ3v) is 2.56. The van der Waals surface area contributed by atoms with Gasteiger partial charge in [-0.3, -0.25) is 0 Å². The molecule has 0 saturated heterocycles. The van der Waals surface area contributed by atoms with Gasteiger partial charge in [0.05, 0.1) is 5.02 Å². The molecule has 2 aromatic carbocycles. The van der Waals surface area contributed by atoms with E-state index in [2.05, 4.69) is 0 Å². The molecule has 0 amide bonds. The van der Waals surface area contributed by atoms with Crippen LogP contribution in [0.25, 0.3) is 0 Å². The van der Waals surface area contributed by atoms with E-state index in [1.165, 1.54) is 6.07 Å². The summed E-state index contributed by atoms with van der Waals surface area (Å²) in [5.41, 5.74) is 0.862. The van der Waals surface area contributed by atoms with E-state index in [0.29, 0.717) is 17.4 Å². The first kappa shape index (κ1) is 11.6. The van der Waals surface area contributed by atoms with Gasteiger partial charge in [0.1, 0.15) is 23.9 Å². The van der Waals surface area contributed by atoms with Gasteiger partial charge < -0.3 is 14.9 Å². The van der Waals surface area contributed by atoms with Crippen LogP contribution in [0.3, 0.4) is 0 Å². The van der Waals surface area contributed by atoms with Gasteiger partial charge in [0.15, 0.2) is 0 Å². The van der Waals surface area contributed by atoms with Gasteiger partial charge >= 0.3 is 0 Å². The van der Waals surface area contributed by atoms with E-state index in [1.54, 1.807) is 36.4 Å². The summed E-state index contributed by atoms with van der Waals surface area (Å²) in [7, 11) is 0. The minimum Gasteiger partial charge on any atom is -0.508 e. The highest BCUT2D eigenvalue weighted by atomic mass is 35.5. The normalized spacial score (nSPS) is 10.2. The van der Waals surface area contributed by atoms with Crippen LogP contribution in [0.2, 0.25) is 5.02 Å². The van der Waals surface area contributed by atoms with Crippen molar-refractivity contribution in [1.29, 1.82) is 0 Å². The largest absolute Gasteiger partial charge is 0.508 e. The SMILES string of the molecule is Oc1ccc(OCc2ccc(O)c(Cl)c2)cc1. The molecule has 4 heteroatoms. The number of halogens is 1. The number of hydrogen-bond acceptors (Lipinski definition) is 3. The highest BCUT2D eigenvalue weighted by Crippen LogP contribution is 2.24. The lowest BCUT2D eigenvalue weighted by molar-refractivity contribution is 0.305. The van der Waals surface area contributed by atoms with Gasteiger partial charge in [0.2, 0.25) is 0 Å². The quantitative estimate of drug-likeness (QED) is 0.879. The second-order valence-electron chi connectivity index (χ2n) is 3.57. The molecule has 3 nitrogen and oxygen atoms in total. The first-order chi connectivity index (χ1) is 8.15. The zero-order chi connectivity index (χ0) is 12.3. The standard InChI is InChI=1S/C13H11ClO3/c14-12-7-9(1-6-13(12)16)8-17-11-4-2-10(15)3-5-11/h1-7,15-16H,8H2. The van der Waals surface area contributed by atoms with Crippen LogP contribution in [0.1, 0.15) is 5.56 Å². The first-order valence-corrected chi connectivity index (χ1v) is 5.42. The summed E-state index contributed by atoms with van der Waals surface area (Å²) in [6.07, 6.45) is 0. The number of phenolic OH excluding ortho intramolecular Hbond substituents is 2. The van der Waals surface area contributed by atoms with E-state index in [4.69, 9.17) is 21.4 Å². The minimum absolute atomic E-state index is 0.0556. The monoisotopic (exact) mass is 250 g/mol. The maximum atomic E-state index is 9.26. The third kappa shape index (κ3) is 3.04. The summed E-state index contributed by atoms with van der Waals surface area (Å²) in [5.74, 6) is 0.914. The molecule has 0 saturated carbocycles. The molecule has 0 fully saturated rings. The molecule has 0 aliphatic rings. The number of ether oxygens (including phenoxy) is 1. The van der Waals surface area contributed by atoms with Gasteiger partial charge in [0, 0.05) is 0 Å². The Labute approximate surface area is 104 Å². The van der Waals surface area contributed by atoms with Crippen molar-refractivity contribution in [3.05, 3.63) is 53.1 Å². The fraction of sp³-hybridized carbons (Fsp3) is 0.0769. The van der Waals surface area contributed by atoms with E-state index >= 15 is 0 Å². The van der Waals surface area contributed by atoms with Crippen molar-refractivity contribution in [3.8, 4) is 17.2 Å². The molecule has 0 unspecified atom stereocenters. The van der Waals surface area contributed by atoms with Crippen LogP contribution in [0, 0.1) is 0 Å². The molecule has 0 bridgehead atoms. The Morgan fingerprint density at radius 1 is 1.00 bits per heavy atom. The molecule has 0 aliphatic heterocycles. The third-order valence-electron chi connectivity index (χ3n) is 2.25. The van der Waals surface area contributed by atoms with Crippen LogP contribution >= 0.6 is 11.6 Å². The molecule has 0 heterocycles. The Bertz CT molecular complexity index is 509. The van der Waals surface area contributed by atoms with E-state index in [1.807, 2.05) is 0 Å².